The zero-order valence-corrected chi connectivity index (χ0v) is 5.47. The van der Waals surface area contributed by atoms with Crippen molar-refractivity contribution in [1.29, 1.82) is 0 Å². The maximum atomic E-state index is 8.67. The summed E-state index contributed by atoms with van der Waals surface area (Å²) in [4.78, 5) is 4.99. The van der Waals surface area contributed by atoms with Crippen molar-refractivity contribution in [2.24, 2.45) is 0 Å². The van der Waals surface area contributed by atoms with Crippen LogP contribution in [0.1, 0.15) is 19.3 Å². The first kappa shape index (κ1) is 6.99. The van der Waals surface area contributed by atoms with E-state index in [2.05, 4.69) is 5.48 Å². The highest BCUT2D eigenvalue weighted by atomic mass is 16.6. The fourth-order valence-corrected chi connectivity index (χ4v) is 0.929. The van der Waals surface area contributed by atoms with Crippen LogP contribution in [0.2, 0.25) is 0 Å². The molecule has 0 spiro atoms. The van der Waals surface area contributed by atoms with Crippen LogP contribution in [0.4, 0.5) is 0 Å². The topological polar surface area (TPSA) is 41.5 Å². The van der Waals surface area contributed by atoms with Gasteiger partial charge in [0.05, 0.1) is 19.3 Å². The summed E-state index contributed by atoms with van der Waals surface area (Å²) >= 11 is 0. The maximum Gasteiger partial charge on any atom is 0.0682 e. The molecule has 3 nitrogen and oxygen atoms in total. The average molecular weight is 131 g/mol. The lowest BCUT2D eigenvalue weighted by Crippen LogP contribution is -2.30. The summed E-state index contributed by atoms with van der Waals surface area (Å²) in [6.45, 7) is 0.955. The minimum Gasteiger partial charge on any atom is -0.395 e. The molecule has 1 aliphatic heterocycles. The molecule has 3 heteroatoms. The Balaban J connectivity index is 2.18. The van der Waals surface area contributed by atoms with Gasteiger partial charge in [0.25, 0.3) is 0 Å². The second kappa shape index (κ2) is 3.82. The van der Waals surface area contributed by atoms with Gasteiger partial charge in [0.1, 0.15) is 0 Å². The van der Waals surface area contributed by atoms with Crippen LogP contribution in [0.15, 0.2) is 0 Å². The van der Waals surface area contributed by atoms with Crippen molar-refractivity contribution in [3.63, 3.8) is 0 Å². The molecule has 54 valence electrons. The zero-order chi connectivity index (χ0) is 6.53. The Kier molecular flexibility index (Phi) is 2.97. The largest absolute Gasteiger partial charge is 0.395 e. The van der Waals surface area contributed by atoms with Crippen LogP contribution >= 0.6 is 0 Å². The summed E-state index contributed by atoms with van der Waals surface area (Å²) in [5.74, 6) is 0. The second-order valence-corrected chi connectivity index (χ2v) is 2.34. The van der Waals surface area contributed by atoms with Crippen molar-refractivity contribution in [1.82, 2.24) is 5.48 Å². The molecule has 0 amide bonds. The first-order valence-corrected chi connectivity index (χ1v) is 3.41. The summed E-state index contributed by atoms with van der Waals surface area (Å²) in [6, 6.07) is 0.160. The molecule has 1 unspecified atom stereocenters. The van der Waals surface area contributed by atoms with Gasteiger partial charge in [-0.15, -0.1) is 0 Å². The number of rotatable bonds is 1. The van der Waals surface area contributed by atoms with Crippen LogP contribution in [0, 0.1) is 0 Å². The highest BCUT2D eigenvalue weighted by Gasteiger charge is 2.09. The minimum absolute atomic E-state index is 0.160. The Morgan fingerprint density at radius 1 is 1.56 bits per heavy atom. The SMILES string of the molecule is OCC1CCCCON1. The van der Waals surface area contributed by atoms with E-state index < -0.39 is 0 Å². The predicted octanol–water partition coefficient (Wildman–Crippen LogP) is 0.0524. The number of nitrogens with one attached hydrogen (secondary N) is 1. The Morgan fingerprint density at radius 2 is 2.44 bits per heavy atom. The lowest BCUT2D eigenvalue weighted by Gasteiger charge is -2.09. The molecule has 0 aromatic rings. The quantitative estimate of drug-likeness (QED) is 0.528. The smallest absolute Gasteiger partial charge is 0.0682 e. The van der Waals surface area contributed by atoms with Gasteiger partial charge in [0, 0.05) is 0 Å². The molecule has 9 heavy (non-hydrogen) atoms. The van der Waals surface area contributed by atoms with Crippen molar-refractivity contribution < 1.29 is 9.94 Å². The van der Waals surface area contributed by atoms with Crippen LogP contribution in [-0.4, -0.2) is 24.4 Å². The highest BCUT2D eigenvalue weighted by Crippen LogP contribution is 2.04. The predicted molar refractivity (Wildman–Crippen MR) is 33.8 cm³/mol. The van der Waals surface area contributed by atoms with Gasteiger partial charge in [-0.05, 0) is 19.3 Å². The molecule has 1 heterocycles. The molecule has 1 saturated heterocycles. The fourth-order valence-electron chi connectivity index (χ4n) is 0.929. The van der Waals surface area contributed by atoms with E-state index in [4.69, 9.17) is 9.94 Å². The van der Waals surface area contributed by atoms with E-state index in [1.165, 1.54) is 0 Å². The van der Waals surface area contributed by atoms with E-state index in [9.17, 15) is 0 Å². The minimum atomic E-state index is 0.160. The molecule has 0 radical (unpaired) electrons. The second-order valence-electron chi connectivity index (χ2n) is 2.34. The molecule has 2 N–H and O–H groups in total. The van der Waals surface area contributed by atoms with Crippen molar-refractivity contribution in [3.05, 3.63) is 0 Å². The van der Waals surface area contributed by atoms with E-state index in [-0.39, 0.29) is 12.6 Å². The Morgan fingerprint density at radius 3 is 3.22 bits per heavy atom. The molecule has 0 saturated carbocycles. The Labute approximate surface area is 55.0 Å². The van der Waals surface area contributed by atoms with E-state index >= 15 is 0 Å². The van der Waals surface area contributed by atoms with Crippen molar-refractivity contribution in [2.75, 3.05) is 13.2 Å². The summed E-state index contributed by atoms with van der Waals surface area (Å²) < 4.78 is 0. The van der Waals surface area contributed by atoms with Crippen LogP contribution < -0.4 is 5.48 Å². The lowest BCUT2D eigenvalue weighted by molar-refractivity contribution is 0.0143. The van der Waals surface area contributed by atoms with Crippen LogP contribution in [0.5, 0.6) is 0 Å². The normalized spacial score (nSPS) is 29.7. The van der Waals surface area contributed by atoms with Gasteiger partial charge in [-0.3, -0.25) is 0 Å². The maximum absolute atomic E-state index is 8.67. The Hall–Kier alpha value is -0.120. The van der Waals surface area contributed by atoms with Gasteiger partial charge >= 0.3 is 0 Å². The number of hydrogen-bond donors (Lipinski definition) is 2. The first-order valence-electron chi connectivity index (χ1n) is 3.41. The summed E-state index contributed by atoms with van der Waals surface area (Å²) in [5.41, 5.74) is 2.78. The molecule has 0 aromatic heterocycles. The van der Waals surface area contributed by atoms with Gasteiger partial charge in [0.2, 0.25) is 0 Å². The van der Waals surface area contributed by atoms with Gasteiger partial charge < -0.3 is 9.94 Å². The standard InChI is InChI=1S/C6H13NO2/c8-5-6-3-1-2-4-9-7-6/h6-8H,1-5H2. The number of aliphatic hydroxyl groups is 1. The molecule has 1 aliphatic rings. The van der Waals surface area contributed by atoms with Crippen molar-refractivity contribution in [3.8, 4) is 0 Å². The molecule has 1 atom stereocenters. The summed E-state index contributed by atoms with van der Waals surface area (Å²) in [7, 11) is 0. The highest BCUT2D eigenvalue weighted by molar-refractivity contribution is 4.62. The zero-order valence-electron chi connectivity index (χ0n) is 5.47. The molecular weight excluding hydrogens is 118 g/mol. The van der Waals surface area contributed by atoms with Crippen molar-refractivity contribution >= 4 is 0 Å². The van der Waals surface area contributed by atoms with Gasteiger partial charge in [0.15, 0.2) is 0 Å². The van der Waals surface area contributed by atoms with E-state index in [1.54, 1.807) is 0 Å². The molecule has 0 aromatic carbocycles. The van der Waals surface area contributed by atoms with Crippen LogP contribution in [-0.2, 0) is 4.84 Å². The third-order valence-electron chi connectivity index (χ3n) is 1.52. The molecular formula is C6H13NO2. The number of hydroxylamine groups is 1. The number of hydrogen-bond acceptors (Lipinski definition) is 3. The van der Waals surface area contributed by atoms with Crippen molar-refractivity contribution in [2.45, 2.75) is 25.3 Å². The Bertz CT molecular complexity index is 69.5. The van der Waals surface area contributed by atoms with Gasteiger partial charge in [-0.2, -0.15) is 5.48 Å². The third-order valence-corrected chi connectivity index (χ3v) is 1.52. The molecule has 0 bridgehead atoms. The van der Waals surface area contributed by atoms with E-state index in [0.29, 0.717) is 0 Å². The van der Waals surface area contributed by atoms with Gasteiger partial charge in [-0.1, -0.05) is 0 Å². The van der Waals surface area contributed by atoms with Gasteiger partial charge in [-0.25, -0.2) is 0 Å². The summed E-state index contributed by atoms with van der Waals surface area (Å²) in [5, 5.41) is 8.67. The lowest BCUT2D eigenvalue weighted by atomic mass is 10.1. The molecule has 1 rings (SSSR count). The average Bonchev–Trinajstić information content (AvgIpc) is 2.13. The van der Waals surface area contributed by atoms with E-state index in [1.807, 2.05) is 0 Å². The summed E-state index contributed by atoms with van der Waals surface area (Å²) in [6.07, 6.45) is 3.28. The third kappa shape index (κ3) is 2.30. The monoisotopic (exact) mass is 131 g/mol. The number of aliphatic hydroxyl groups excluding tert-OH is 1. The van der Waals surface area contributed by atoms with E-state index in [0.717, 1.165) is 25.9 Å². The van der Waals surface area contributed by atoms with Crippen LogP contribution in [0.3, 0.4) is 0 Å². The molecule has 1 fully saturated rings. The first-order chi connectivity index (χ1) is 4.43. The van der Waals surface area contributed by atoms with Crippen LogP contribution in [0.25, 0.3) is 0 Å². The molecule has 0 aliphatic carbocycles. The fraction of sp³-hybridized carbons (Fsp3) is 1.00.